The average molecular weight is 920 g/mol. The Hall–Kier alpha value is -2.92. The summed E-state index contributed by atoms with van der Waals surface area (Å²) in [6.07, 6.45) is 74.5. The first-order valence-corrected chi connectivity index (χ1v) is 28.1. The molecule has 380 valence electrons. The van der Waals surface area contributed by atoms with Crippen LogP contribution in [0.1, 0.15) is 265 Å². The zero-order valence-corrected chi connectivity index (χ0v) is 43.7. The van der Waals surface area contributed by atoms with Crippen LogP contribution in [0.3, 0.4) is 0 Å². The highest BCUT2D eigenvalue weighted by Gasteiger charge is 2.17. The van der Waals surface area contributed by atoms with Gasteiger partial charge in [-0.1, -0.05) is 228 Å². The first kappa shape index (κ1) is 63.1. The fourth-order valence-corrected chi connectivity index (χ4v) is 7.71. The van der Waals surface area contributed by atoms with Crippen LogP contribution in [0.5, 0.6) is 0 Å². The number of ether oxygens (including phenoxy) is 3. The van der Waals surface area contributed by atoms with Gasteiger partial charge < -0.3 is 14.2 Å². The molecule has 1 atom stereocenters. The maximum atomic E-state index is 12.8. The van der Waals surface area contributed by atoms with Gasteiger partial charge in [0.15, 0.2) is 6.10 Å². The summed E-state index contributed by atoms with van der Waals surface area (Å²) in [5.74, 6) is -0.420. The van der Waals surface area contributed by atoms with E-state index >= 15 is 0 Å². The molecule has 0 rings (SSSR count). The predicted molar refractivity (Wildman–Crippen MR) is 288 cm³/mol. The zero-order valence-electron chi connectivity index (χ0n) is 43.7. The van der Waals surface area contributed by atoms with Gasteiger partial charge in [-0.25, -0.2) is 0 Å². The van der Waals surface area contributed by atoms with Crippen LogP contribution < -0.4 is 0 Å². The maximum absolute atomic E-state index is 12.8. The first-order valence-electron chi connectivity index (χ1n) is 28.1. The molecule has 0 aromatic heterocycles. The number of unbranched alkanes of at least 4 members (excludes halogenated alkanes) is 26. The maximum Gasteiger partial charge on any atom is 0.306 e. The van der Waals surface area contributed by atoms with Gasteiger partial charge in [-0.05, 0) is 109 Å². The number of hydrogen-bond acceptors (Lipinski definition) is 5. The van der Waals surface area contributed by atoms with E-state index < -0.39 is 6.10 Å². The summed E-state index contributed by atoms with van der Waals surface area (Å²) in [5, 5.41) is 0. The van der Waals surface area contributed by atoms with Gasteiger partial charge in [0, 0.05) is 19.4 Å². The summed E-state index contributed by atoms with van der Waals surface area (Å²) < 4.78 is 17.4. The van der Waals surface area contributed by atoms with Gasteiger partial charge in [-0.15, -0.1) is 0 Å². The van der Waals surface area contributed by atoms with Gasteiger partial charge in [0.1, 0.15) is 6.61 Å². The van der Waals surface area contributed by atoms with Gasteiger partial charge >= 0.3 is 11.9 Å². The molecule has 0 aliphatic heterocycles. The third-order valence-corrected chi connectivity index (χ3v) is 11.9. The highest BCUT2D eigenvalue weighted by molar-refractivity contribution is 5.70. The fourth-order valence-electron chi connectivity index (χ4n) is 7.71. The lowest BCUT2D eigenvalue weighted by atomic mass is 10.1. The summed E-state index contributed by atoms with van der Waals surface area (Å²) in [4.78, 5) is 25.5. The third-order valence-electron chi connectivity index (χ3n) is 11.9. The van der Waals surface area contributed by atoms with Crippen molar-refractivity contribution in [2.24, 2.45) is 0 Å². The van der Waals surface area contributed by atoms with E-state index in [9.17, 15) is 9.59 Å². The highest BCUT2D eigenvalue weighted by Crippen LogP contribution is 2.14. The van der Waals surface area contributed by atoms with Gasteiger partial charge in [-0.3, -0.25) is 9.59 Å². The minimum Gasteiger partial charge on any atom is -0.462 e. The molecule has 1 unspecified atom stereocenters. The van der Waals surface area contributed by atoms with E-state index in [2.05, 4.69) is 106 Å². The van der Waals surface area contributed by atoms with Crippen molar-refractivity contribution in [3.8, 4) is 0 Å². The summed E-state index contributed by atoms with van der Waals surface area (Å²) in [6.45, 7) is 7.63. The predicted octanol–water partition coefficient (Wildman–Crippen LogP) is 19.2. The molecule has 0 aliphatic carbocycles. The van der Waals surface area contributed by atoms with Crippen LogP contribution in [-0.2, 0) is 23.8 Å². The van der Waals surface area contributed by atoms with Crippen LogP contribution in [0.2, 0.25) is 0 Å². The molecule has 0 heterocycles. The summed E-state index contributed by atoms with van der Waals surface area (Å²) in [7, 11) is 0. The Kier molecular flexibility index (Phi) is 53.9. The number of carbonyl (C=O) groups excluding carboxylic acids is 2. The number of hydrogen-bond donors (Lipinski definition) is 0. The number of rotatable bonds is 51. The largest absolute Gasteiger partial charge is 0.462 e. The molecule has 0 bridgehead atoms. The van der Waals surface area contributed by atoms with Crippen LogP contribution in [-0.4, -0.2) is 37.9 Å². The Bertz CT molecular complexity index is 1220. The molecular formula is C61H106O5. The molecular weight excluding hydrogens is 813 g/mol. The van der Waals surface area contributed by atoms with E-state index in [1.54, 1.807) is 0 Å². The lowest BCUT2D eigenvalue weighted by molar-refractivity contribution is -0.163. The average Bonchev–Trinajstić information content (AvgIpc) is 3.32. The van der Waals surface area contributed by atoms with E-state index in [4.69, 9.17) is 14.2 Å². The van der Waals surface area contributed by atoms with Crippen LogP contribution in [0.4, 0.5) is 0 Å². The van der Waals surface area contributed by atoms with E-state index in [0.29, 0.717) is 19.4 Å². The zero-order chi connectivity index (χ0) is 47.7. The lowest BCUT2D eigenvalue weighted by Crippen LogP contribution is -2.30. The molecule has 0 aliphatic rings. The van der Waals surface area contributed by atoms with Crippen molar-refractivity contribution < 1.29 is 23.8 Å². The van der Waals surface area contributed by atoms with E-state index in [1.165, 1.54) is 141 Å². The minimum atomic E-state index is -0.554. The van der Waals surface area contributed by atoms with Crippen LogP contribution in [0.25, 0.3) is 0 Å². The molecule has 0 aromatic carbocycles. The van der Waals surface area contributed by atoms with Crippen molar-refractivity contribution in [1.29, 1.82) is 0 Å². The van der Waals surface area contributed by atoms with E-state index in [0.717, 1.165) is 89.9 Å². The fraction of sp³-hybridized carbons (Fsp3) is 0.738. The SMILES string of the molecule is CC/C=C\C/C=C\C/C=C\C/C=C\CCCCCCCCC(=O)OCC(COCCCCCCCC/C=C\C/C=C\CCC)OC(=O)CCCCCCCCC/C=C\CCCCCCCC. The summed E-state index contributed by atoms with van der Waals surface area (Å²) in [5.41, 5.74) is 0. The van der Waals surface area contributed by atoms with Crippen LogP contribution in [0.15, 0.2) is 85.1 Å². The summed E-state index contributed by atoms with van der Waals surface area (Å²) in [6, 6.07) is 0. The normalized spacial score (nSPS) is 12.8. The second kappa shape index (κ2) is 56.4. The molecule has 0 saturated carbocycles. The van der Waals surface area contributed by atoms with E-state index in [1.807, 2.05) is 0 Å². The molecule has 66 heavy (non-hydrogen) atoms. The van der Waals surface area contributed by atoms with Crippen LogP contribution in [0, 0.1) is 0 Å². The highest BCUT2D eigenvalue weighted by atomic mass is 16.6. The molecule has 5 nitrogen and oxygen atoms in total. The Morgan fingerprint density at radius 2 is 0.712 bits per heavy atom. The first-order chi connectivity index (χ1) is 32.6. The second-order valence-electron chi connectivity index (χ2n) is 18.4. The smallest absolute Gasteiger partial charge is 0.306 e. The lowest BCUT2D eigenvalue weighted by Gasteiger charge is -2.18. The molecule has 0 aromatic rings. The van der Waals surface area contributed by atoms with Gasteiger partial charge in [0.2, 0.25) is 0 Å². The molecule has 0 spiro atoms. The molecule has 0 fully saturated rings. The molecule has 0 N–H and O–H groups in total. The standard InChI is InChI=1S/C61H106O5/c1-4-7-10-13-16-19-22-25-28-30-31-33-34-36-39-42-45-48-51-54-60(62)65-58-59(57-64-56-53-50-47-44-41-38-27-24-21-18-15-12-9-6-3)66-61(63)55-52-49-46-43-40-37-35-32-29-26-23-20-17-14-11-8-5-2/h7,10,12,15-16,19,21,24-26,28-29,31,33,59H,4-6,8-9,11,13-14,17-18,20,22-23,27,30,32,34-58H2,1-3H3/b10-7-,15-12-,19-16-,24-21-,28-25-,29-26-,33-31-. The third kappa shape index (κ3) is 53.7. The Morgan fingerprint density at radius 1 is 0.348 bits per heavy atom. The van der Waals surface area contributed by atoms with E-state index in [-0.39, 0.29) is 25.2 Å². The van der Waals surface area contributed by atoms with Crippen molar-refractivity contribution in [3.63, 3.8) is 0 Å². The monoisotopic (exact) mass is 919 g/mol. The Labute approximate surface area is 409 Å². The molecule has 0 amide bonds. The Morgan fingerprint density at radius 3 is 1.17 bits per heavy atom. The van der Waals surface area contributed by atoms with Gasteiger partial charge in [0.05, 0.1) is 6.61 Å². The van der Waals surface area contributed by atoms with Crippen molar-refractivity contribution in [2.45, 2.75) is 271 Å². The van der Waals surface area contributed by atoms with Crippen molar-refractivity contribution >= 4 is 11.9 Å². The topological polar surface area (TPSA) is 61.8 Å². The molecule has 0 saturated heterocycles. The summed E-state index contributed by atoms with van der Waals surface area (Å²) >= 11 is 0. The van der Waals surface area contributed by atoms with Crippen LogP contribution >= 0.6 is 0 Å². The Balaban J connectivity index is 4.31. The molecule has 5 heteroatoms. The second-order valence-corrected chi connectivity index (χ2v) is 18.4. The number of carbonyl (C=O) groups is 2. The number of allylic oxidation sites excluding steroid dienone is 14. The minimum absolute atomic E-state index is 0.0690. The number of esters is 2. The quantitative estimate of drug-likeness (QED) is 0.0346. The van der Waals surface area contributed by atoms with Crippen molar-refractivity contribution in [2.75, 3.05) is 19.8 Å². The van der Waals surface area contributed by atoms with Gasteiger partial charge in [-0.2, -0.15) is 0 Å². The van der Waals surface area contributed by atoms with Crippen molar-refractivity contribution in [3.05, 3.63) is 85.1 Å². The van der Waals surface area contributed by atoms with Gasteiger partial charge in [0.25, 0.3) is 0 Å². The van der Waals surface area contributed by atoms with Crippen molar-refractivity contribution in [1.82, 2.24) is 0 Å². The molecule has 0 radical (unpaired) electrons.